The summed E-state index contributed by atoms with van der Waals surface area (Å²) in [6, 6.07) is 4.18. The van der Waals surface area contributed by atoms with Crippen molar-refractivity contribution in [1.29, 1.82) is 0 Å². The van der Waals surface area contributed by atoms with Crippen LogP contribution in [-0.2, 0) is 4.74 Å². The van der Waals surface area contributed by atoms with Gasteiger partial charge in [0.15, 0.2) is 0 Å². The number of hydrogen-bond donors (Lipinski definition) is 0. The van der Waals surface area contributed by atoms with E-state index >= 15 is 0 Å². The maximum absolute atomic E-state index is 12.6. The molecule has 1 atom stereocenters. The quantitative estimate of drug-likeness (QED) is 0.838. The number of piperidine rings is 1. The topological polar surface area (TPSA) is 45.7 Å². The van der Waals surface area contributed by atoms with Gasteiger partial charge in [-0.05, 0) is 44.7 Å². The van der Waals surface area contributed by atoms with Crippen molar-refractivity contribution >= 4 is 11.7 Å². The molecule has 0 spiro atoms. The third-order valence-corrected chi connectivity index (χ3v) is 4.34. The Labute approximate surface area is 133 Å². The number of methoxy groups -OCH3 is 1. The molecule has 0 unspecified atom stereocenters. The summed E-state index contributed by atoms with van der Waals surface area (Å²) in [6.45, 7) is 6.56. The monoisotopic (exact) mass is 305 g/mol. The second-order valence-corrected chi connectivity index (χ2v) is 6.32. The summed E-state index contributed by atoms with van der Waals surface area (Å²) < 4.78 is 5.22. The lowest BCUT2D eigenvalue weighted by molar-refractivity contribution is 0.0570. The van der Waals surface area contributed by atoms with E-state index < -0.39 is 0 Å². The van der Waals surface area contributed by atoms with Crippen LogP contribution < -0.4 is 4.90 Å². The second-order valence-electron chi connectivity index (χ2n) is 6.32. The van der Waals surface area contributed by atoms with Crippen LogP contribution in [-0.4, -0.2) is 55.7 Å². The molecule has 0 bridgehead atoms. The van der Waals surface area contributed by atoms with Crippen molar-refractivity contribution in [3.05, 3.63) is 23.9 Å². The molecular weight excluding hydrogens is 278 g/mol. The summed E-state index contributed by atoms with van der Waals surface area (Å²) in [5, 5.41) is 0. The van der Waals surface area contributed by atoms with Crippen LogP contribution >= 0.6 is 0 Å². The smallest absolute Gasteiger partial charge is 0.255 e. The molecule has 1 aromatic rings. The average Bonchev–Trinajstić information content (AvgIpc) is 2.54. The van der Waals surface area contributed by atoms with Crippen LogP contribution in [0.25, 0.3) is 0 Å². The molecule has 1 aliphatic rings. The van der Waals surface area contributed by atoms with Crippen LogP contribution in [0.1, 0.15) is 37.0 Å². The number of nitrogens with zero attached hydrogens (tertiary/aromatic N) is 3. The lowest BCUT2D eigenvalue weighted by Gasteiger charge is -2.32. The number of carbonyl (C=O) groups is 1. The number of likely N-dealkylation sites (tertiary alicyclic amines) is 1. The van der Waals surface area contributed by atoms with E-state index in [-0.39, 0.29) is 5.91 Å². The number of amides is 1. The summed E-state index contributed by atoms with van der Waals surface area (Å²) in [6.07, 6.45) is 3.87. The Morgan fingerprint density at radius 3 is 2.86 bits per heavy atom. The van der Waals surface area contributed by atoms with Crippen LogP contribution in [0, 0.1) is 5.92 Å². The molecule has 0 saturated carbocycles. The van der Waals surface area contributed by atoms with Gasteiger partial charge >= 0.3 is 0 Å². The van der Waals surface area contributed by atoms with E-state index in [0.717, 1.165) is 38.4 Å². The molecule has 0 radical (unpaired) electrons. The van der Waals surface area contributed by atoms with Gasteiger partial charge in [-0.15, -0.1) is 0 Å². The number of aromatic nitrogens is 1. The van der Waals surface area contributed by atoms with E-state index in [1.165, 1.54) is 0 Å². The maximum atomic E-state index is 12.6. The minimum Gasteiger partial charge on any atom is -0.384 e. The Morgan fingerprint density at radius 2 is 2.27 bits per heavy atom. The second kappa shape index (κ2) is 7.58. The van der Waals surface area contributed by atoms with E-state index in [0.29, 0.717) is 17.5 Å². The predicted octanol–water partition coefficient (Wildman–Crippen LogP) is 2.42. The molecule has 1 saturated heterocycles. The van der Waals surface area contributed by atoms with Crippen LogP contribution in [0.3, 0.4) is 0 Å². The van der Waals surface area contributed by atoms with Crippen molar-refractivity contribution in [3.63, 3.8) is 0 Å². The van der Waals surface area contributed by atoms with E-state index in [9.17, 15) is 4.79 Å². The van der Waals surface area contributed by atoms with Crippen molar-refractivity contribution in [2.24, 2.45) is 5.92 Å². The number of ether oxygens (including phenoxy) is 1. The minimum absolute atomic E-state index is 0.0760. The molecule has 0 aromatic carbocycles. The van der Waals surface area contributed by atoms with E-state index in [1.54, 1.807) is 13.3 Å². The number of anilines is 1. The van der Waals surface area contributed by atoms with Gasteiger partial charge in [0.1, 0.15) is 5.82 Å². The first-order valence-corrected chi connectivity index (χ1v) is 8.00. The number of pyridine rings is 1. The standard InChI is InChI=1S/C17H27N3O2/c1-13(2)19(3)16-8-7-15(10-18-16)17(21)20-9-5-6-14(11-20)12-22-4/h7-8,10,13-14H,5-6,9,11-12H2,1-4H3/t14-/m0/s1. The molecular formula is C17H27N3O2. The minimum atomic E-state index is 0.0760. The van der Waals surface area contributed by atoms with Gasteiger partial charge < -0.3 is 14.5 Å². The maximum Gasteiger partial charge on any atom is 0.255 e. The molecule has 0 aliphatic carbocycles. The van der Waals surface area contributed by atoms with Gasteiger partial charge in [-0.25, -0.2) is 4.98 Å². The SMILES string of the molecule is COC[C@H]1CCCN(C(=O)c2ccc(N(C)C(C)C)nc2)C1. The average molecular weight is 305 g/mol. The van der Waals surface area contributed by atoms with Crippen LogP contribution in [0.15, 0.2) is 18.3 Å². The lowest BCUT2D eigenvalue weighted by Crippen LogP contribution is -2.41. The van der Waals surface area contributed by atoms with Gasteiger partial charge in [-0.1, -0.05) is 0 Å². The molecule has 22 heavy (non-hydrogen) atoms. The van der Waals surface area contributed by atoms with Gasteiger partial charge in [0.2, 0.25) is 0 Å². The molecule has 2 rings (SSSR count). The fourth-order valence-corrected chi connectivity index (χ4v) is 2.79. The van der Waals surface area contributed by atoms with Crippen LogP contribution in [0.4, 0.5) is 5.82 Å². The molecule has 5 nitrogen and oxygen atoms in total. The summed E-state index contributed by atoms with van der Waals surface area (Å²) in [7, 11) is 3.73. The van der Waals surface area contributed by atoms with Crippen molar-refractivity contribution in [1.82, 2.24) is 9.88 Å². The molecule has 1 aliphatic heterocycles. The summed E-state index contributed by atoms with van der Waals surface area (Å²) in [4.78, 5) is 21.0. The molecule has 5 heteroatoms. The third-order valence-electron chi connectivity index (χ3n) is 4.34. The summed E-state index contributed by atoms with van der Waals surface area (Å²) in [5.41, 5.74) is 0.666. The first-order chi connectivity index (χ1) is 10.5. The Balaban J connectivity index is 2.03. The first-order valence-electron chi connectivity index (χ1n) is 8.00. The fourth-order valence-electron chi connectivity index (χ4n) is 2.79. The number of carbonyl (C=O) groups excluding carboxylic acids is 1. The fraction of sp³-hybridized carbons (Fsp3) is 0.647. The van der Waals surface area contributed by atoms with Crippen molar-refractivity contribution in [2.75, 3.05) is 38.8 Å². The number of hydrogen-bond acceptors (Lipinski definition) is 4. The van der Waals surface area contributed by atoms with Crippen molar-refractivity contribution in [2.45, 2.75) is 32.7 Å². The highest BCUT2D eigenvalue weighted by Crippen LogP contribution is 2.19. The van der Waals surface area contributed by atoms with E-state index in [1.807, 2.05) is 24.1 Å². The molecule has 1 fully saturated rings. The lowest BCUT2D eigenvalue weighted by atomic mass is 9.98. The van der Waals surface area contributed by atoms with Crippen molar-refractivity contribution < 1.29 is 9.53 Å². The Morgan fingerprint density at radius 1 is 1.50 bits per heavy atom. The molecule has 1 aromatic heterocycles. The Bertz CT molecular complexity index is 485. The highest BCUT2D eigenvalue weighted by molar-refractivity contribution is 5.94. The van der Waals surface area contributed by atoms with Crippen LogP contribution in [0.2, 0.25) is 0 Å². The zero-order valence-corrected chi connectivity index (χ0v) is 14.1. The Kier molecular flexibility index (Phi) is 5.77. The molecule has 122 valence electrons. The van der Waals surface area contributed by atoms with E-state index in [4.69, 9.17) is 4.74 Å². The van der Waals surface area contributed by atoms with Gasteiger partial charge in [-0.3, -0.25) is 4.79 Å². The summed E-state index contributed by atoms with van der Waals surface area (Å²) in [5.74, 6) is 1.41. The molecule has 0 N–H and O–H groups in total. The van der Waals surface area contributed by atoms with E-state index in [2.05, 4.69) is 23.7 Å². The molecule has 2 heterocycles. The third kappa shape index (κ3) is 3.97. The first kappa shape index (κ1) is 16.7. The largest absolute Gasteiger partial charge is 0.384 e. The zero-order chi connectivity index (χ0) is 16.1. The number of rotatable bonds is 5. The normalized spacial score (nSPS) is 18.6. The van der Waals surface area contributed by atoms with Gasteiger partial charge in [0.05, 0.1) is 12.2 Å². The predicted molar refractivity (Wildman–Crippen MR) is 88.3 cm³/mol. The Hall–Kier alpha value is -1.62. The van der Waals surface area contributed by atoms with Gasteiger partial charge in [0, 0.05) is 39.5 Å². The zero-order valence-electron chi connectivity index (χ0n) is 14.1. The highest BCUT2D eigenvalue weighted by atomic mass is 16.5. The van der Waals surface area contributed by atoms with Crippen molar-refractivity contribution in [3.8, 4) is 0 Å². The van der Waals surface area contributed by atoms with Crippen LogP contribution in [0.5, 0.6) is 0 Å². The van der Waals surface area contributed by atoms with Gasteiger partial charge in [0.25, 0.3) is 5.91 Å². The molecule has 1 amide bonds. The highest BCUT2D eigenvalue weighted by Gasteiger charge is 2.24. The summed E-state index contributed by atoms with van der Waals surface area (Å²) >= 11 is 0. The van der Waals surface area contributed by atoms with Gasteiger partial charge in [-0.2, -0.15) is 0 Å².